The molecule has 1 heterocycles. The Hall–Kier alpha value is -1.06. The first-order valence-electron chi connectivity index (χ1n) is 4.93. The molecule has 0 bridgehead atoms. The Morgan fingerprint density at radius 1 is 1.64 bits per heavy atom. The maximum Gasteiger partial charge on any atom is 0.417 e. The van der Waals surface area contributed by atoms with Crippen molar-refractivity contribution in [1.82, 2.24) is 4.90 Å². The monoisotopic (exact) mass is 199 g/mol. The van der Waals surface area contributed by atoms with E-state index in [4.69, 9.17) is 4.74 Å². The number of hydrogen-bond acceptors (Lipinski definition) is 3. The van der Waals surface area contributed by atoms with Crippen LogP contribution in [0.1, 0.15) is 34.1 Å². The van der Waals surface area contributed by atoms with E-state index in [1.165, 1.54) is 4.90 Å². The zero-order chi connectivity index (χ0) is 10.9. The number of rotatable bonds is 2. The van der Waals surface area contributed by atoms with Gasteiger partial charge in [0.05, 0.1) is 5.54 Å². The van der Waals surface area contributed by atoms with Gasteiger partial charge in [0, 0.05) is 6.42 Å². The number of ether oxygens (including phenoxy) is 1. The number of nitrogens with zero attached hydrogens (tertiary/aromatic N) is 1. The lowest BCUT2D eigenvalue weighted by atomic mass is 9.88. The van der Waals surface area contributed by atoms with Gasteiger partial charge in [-0.1, -0.05) is 20.8 Å². The summed E-state index contributed by atoms with van der Waals surface area (Å²) in [5.74, 6) is 0.0353. The van der Waals surface area contributed by atoms with E-state index in [1.807, 2.05) is 20.8 Å². The Labute approximate surface area is 84.2 Å². The van der Waals surface area contributed by atoms with Gasteiger partial charge in [0.15, 0.2) is 0 Å². The smallest absolute Gasteiger partial charge is 0.417 e. The zero-order valence-electron chi connectivity index (χ0n) is 9.16. The SMILES string of the molecule is CCC(=O)N1C(=O)OCC1(C)C(C)C. The van der Waals surface area contributed by atoms with Crippen LogP contribution in [-0.2, 0) is 9.53 Å². The molecule has 1 aliphatic heterocycles. The molecule has 0 aliphatic carbocycles. The summed E-state index contributed by atoms with van der Waals surface area (Å²) in [4.78, 5) is 24.2. The Bertz CT molecular complexity index is 262. The normalized spacial score (nSPS) is 26.9. The van der Waals surface area contributed by atoms with E-state index in [1.54, 1.807) is 6.92 Å². The fraction of sp³-hybridized carbons (Fsp3) is 0.800. The third kappa shape index (κ3) is 1.49. The minimum Gasteiger partial charge on any atom is -0.447 e. The number of imide groups is 1. The third-order valence-corrected chi connectivity index (χ3v) is 2.98. The summed E-state index contributed by atoms with van der Waals surface area (Å²) in [5, 5.41) is 0. The fourth-order valence-electron chi connectivity index (χ4n) is 1.52. The summed E-state index contributed by atoms with van der Waals surface area (Å²) < 4.78 is 4.93. The van der Waals surface area contributed by atoms with E-state index in [-0.39, 0.29) is 11.8 Å². The van der Waals surface area contributed by atoms with Crippen molar-refractivity contribution < 1.29 is 14.3 Å². The Morgan fingerprint density at radius 2 is 2.21 bits per heavy atom. The number of hydrogen-bond donors (Lipinski definition) is 0. The van der Waals surface area contributed by atoms with Crippen molar-refractivity contribution in [2.45, 2.75) is 39.7 Å². The molecule has 4 nitrogen and oxygen atoms in total. The van der Waals surface area contributed by atoms with Gasteiger partial charge in [0.25, 0.3) is 0 Å². The molecule has 4 heteroatoms. The molecule has 80 valence electrons. The van der Waals surface area contributed by atoms with Crippen LogP contribution in [0.25, 0.3) is 0 Å². The molecule has 1 rings (SSSR count). The summed E-state index contributed by atoms with van der Waals surface area (Å²) in [5.41, 5.74) is -0.482. The molecule has 0 aromatic rings. The van der Waals surface area contributed by atoms with Gasteiger partial charge in [-0.25, -0.2) is 9.69 Å². The molecule has 0 radical (unpaired) electrons. The molecule has 0 spiro atoms. The van der Waals surface area contributed by atoms with Crippen LogP contribution in [0.5, 0.6) is 0 Å². The molecule has 0 aromatic heterocycles. The van der Waals surface area contributed by atoms with Crippen molar-refractivity contribution in [3.8, 4) is 0 Å². The quantitative estimate of drug-likeness (QED) is 0.681. The molecule has 1 unspecified atom stereocenters. The second-order valence-electron chi connectivity index (χ2n) is 4.15. The number of cyclic esters (lactones) is 1. The molecule has 1 aliphatic rings. The first-order chi connectivity index (χ1) is 6.43. The van der Waals surface area contributed by atoms with Crippen LogP contribution >= 0.6 is 0 Å². The Morgan fingerprint density at radius 3 is 2.64 bits per heavy atom. The van der Waals surface area contributed by atoms with E-state index in [0.717, 1.165) is 0 Å². The Kier molecular flexibility index (Phi) is 2.83. The van der Waals surface area contributed by atoms with Crippen molar-refractivity contribution in [2.24, 2.45) is 5.92 Å². The fourth-order valence-corrected chi connectivity index (χ4v) is 1.52. The lowest BCUT2D eigenvalue weighted by Gasteiger charge is -2.33. The minimum atomic E-state index is -0.506. The van der Waals surface area contributed by atoms with E-state index in [2.05, 4.69) is 0 Å². The van der Waals surface area contributed by atoms with Crippen molar-refractivity contribution in [3.63, 3.8) is 0 Å². The Balaban J connectivity index is 2.98. The van der Waals surface area contributed by atoms with Crippen LogP contribution in [0.15, 0.2) is 0 Å². The summed E-state index contributed by atoms with van der Waals surface area (Å²) in [7, 11) is 0. The van der Waals surface area contributed by atoms with E-state index in [0.29, 0.717) is 13.0 Å². The molecule has 1 fully saturated rings. The number of amides is 2. The van der Waals surface area contributed by atoms with Gasteiger partial charge in [-0.05, 0) is 12.8 Å². The minimum absolute atomic E-state index is 0.163. The molecule has 0 aromatic carbocycles. The maximum atomic E-state index is 11.6. The van der Waals surface area contributed by atoms with Gasteiger partial charge in [-0.15, -0.1) is 0 Å². The van der Waals surface area contributed by atoms with Gasteiger partial charge < -0.3 is 4.74 Å². The van der Waals surface area contributed by atoms with E-state index in [9.17, 15) is 9.59 Å². The predicted molar refractivity (Wildman–Crippen MR) is 51.7 cm³/mol. The molecule has 0 N–H and O–H groups in total. The molecule has 2 amide bonds. The van der Waals surface area contributed by atoms with E-state index >= 15 is 0 Å². The lowest BCUT2D eigenvalue weighted by Crippen LogP contribution is -2.51. The van der Waals surface area contributed by atoms with Crippen molar-refractivity contribution >= 4 is 12.0 Å². The third-order valence-electron chi connectivity index (χ3n) is 2.98. The first kappa shape index (κ1) is 11.0. The summed E-state index contributed by atoms with van der Waals surface area (Å²) in [6, 6.07) is 0. The van der Waals surface area contributed by atoms with Crippen molar-refractivity contribution in [2.75, 3.05) is 6.61 Å². The first-order valence-corrected chi connectivity index (χ1v) is 4.93. The second kappa shape index (κ2) is 3.59. The van der Waals surface area contributed by atoms with Crippen molar-refractivity contribution in [3.05, 3.63) is 0 Å². The number of carbonyl (C=O) groups excluding carboxylic acids is 2. The summed E-state index contributed by atoms with van der Waals surface area (Å²) in [6.07, 6.45) is -0.176. The highest BCUT2D eigenvalue weighted by Gasteiger charge is 2.48. The van der Waals surface area contributed by atoms with Crippen molar-refractivity contribution in [1.29, 1.82) is 0 Å². The van der Waals surface area contributed by atoms with E-state index < -0.39 is 11.6 Å². The average molecular weight is 199 g/mol. The van der Waals surface area contributed by atoms with Crippen LogP contribution in [0.2, 0.25) is 0 Å². The van der Waals surface area contributed by atoms with Gasteiger partial charge in [-0.2, -0.15) is 0 Å². The van der Waals surface area contributed by atoms with Gasteiger partial charge >= 0.3 is 6.09 Å². The second-order valence-corrected chi connectivity index (χ2v) is 4.15. The highest BCUT2D eigenvalue weighted by atomic mass is 16.6. The van der Waals surface area contributed by atoms with Gasteiger partial charge in [0.2, 0.25) is 5.91 Å². The van der Waals surface area contributed by atoms with Crippen LogP contribution in [0, 0.1) is 5.92 Å². The van der Waals surface area contributed by atoms with Crippen LogP contribution in [0.3, 0.4) is 0 Å². The molecule has 1 atom stereocenters. The summed E-state index contributed by atoms with van der Waals surface area (Å²) >= 11 is 0. The van der Waals surface area contributed by atoms with Crippen LogP contribution in [0.4, 0.5) is 4.79 Å². The average Bonchev–Trinajstić information content (AvgIpc) is 2.43. The maximum absolute atomic E-state index is 11.6. The highest BCUT2D eigenvalue weighted by molar-refractivity contribution is 5.94. The van der Waals surface area contributed by atoms with Crippen LogP contribution in [-0.4, -0.2) is 29.0 Å². The largest absolute Gasteiger partial charge is 0.447 e. The summed E-state index contributed by atoms with van der Waals surface area (Å²) in [6.45, 7) is 7.90. The predicted octanol–water partition coefficient (Wildman–Crippen LogP) is 1.79. The van der Waals surface area contributed by atoms with Gasteiger partial charge in [-0.3, -0.25) is 4.79 Å². The highest BCUT2D eigenvalue weighted by Crippen LogP contribution is 2.31. The molecule has 0 saturated carbocycles. The number of carbonyl (C=O) groups is 2. The van der Waals surface area contributed by atoms with Gasteiger partial charge in [0.1, 0.15) is 6.61 Å². The molecular formula is C10H17NO3. The zero-order valence-corrected chi connectivity index (χ0v) is 9.16. The standard InChI is InChI=1S/C10H17NO3/c1-5-8(12)11-9(13)14-6-10(11,4)7(2)3/h7H,5-6H2,1-4H3. The lowest BCUT2D eigenvalue weighted by molar-refractivity contribution is -0.132. The molecular weight excluding hydrogens is 182 g/mol. The molecule has 14 heavy (non-hydrogen) atoms. The topological polar surface area (TPSA) is 46.6 Å². The van der Waals surface area contributed by atoms with Crippen LogP contribution < -0.4 is 0 Å². The molecule has 1 saturated heterocycles.